The van der Waals surface area contributed by atoms with Gasteiger partial charge in [0.25, 0.3) is 0 Å². The van der Waals surface area contributed by atoms with Gasteiger partial charge in [-0.2, -0.15) is 18.7 Å². The molecule has 3 nitrogen and oxygen atoms in total. The van der Waals surface area contributed by atoms with Gasteiger partial charge >= 0.3 is 6.18 Å². The summed E-state index contributed by atoms with van der Waals surface area (Å²) in [5.41, 5.74) is 2.06. The summed E-state index contributed by atoms with van der Waals surface area (Å²) in [5, 5.41) is 3.22. The first-order valence-electron chi connectivity index (χ1n) is 7.15. The molecule has 0 spiro atoms. The molecule has 1 aromatic rings. The lowest BCUT2D eigenvalue weighted by Crippen LogP contribution is -2.33. The lowest BCUT2D eigenvalue weighted by molar-refractivity contribution is -0.140. The third-order valence-corrected chi connectivity index (χ3v) is 4.08. The summed E-state index contributed by atoms with van der Waals surface area (Å²) in [6.45, 7) is 1.36. The van der Waals surface area contributed by atoms with E-state index in [1.54, 1.807) is 0 Å². The van der Waals surface area contributed by atoms with Crippen molar-refractivity contribution in [3.8, 4) is 0 Å². The van der Waals surface area contributed by atoms with Crippen LogP contribution in [0.3, 0.4) is 0 Å². The normalized spacial score (nSPS) is 25.7. The van der Waals surface area contributed by atoms with Crippen molar-refractivity contribution in [2.75, 3.05) is 13.1 Å². The zero-order chi connectivity index (χ0) is 15.7. The fourth-order valence-corrected chi connectivity index (χ4v) is 2.97. The van der Waals surface area contributed by atoms with Gasteiger partial charge in [0.15, 0.2) is 0 Å². The van der Waals surface area contributed by atoms with Crippen molar-refractivity contribution in [2.24, 2.45) is 5.92 Å². The Balaban J connectivity index is 1.77. The monoisotopic (exact) mass is 316 g/mol. The van der Waals surface area contributed by atoms with E-state index in [2.05, 4.69) is 10.8 Å². The predicted molar refractivity (Wildman–Crippen MR) is 72.0 cm³/mol. The number of rotatable bonds is 2. The first-order valence-corrected chi connectivity index (χ1v) is 7.15. The van der Waals surface area contributed by atoms with Crippen LogP contribution in [0.15, 0.2) is 30.0 Å². The van der Waals surface area contributed by atoms with Gasteiger partial charge in [-0.25, -0.2) is 4.39 Å². The fourth-order valence-electron chi connectivity index (χ4n) is 2.97. The summed E-state index contributed by atoms with van der Waals surface area (Å²) < 4.78 is 51.5. The zero-order valence-corrected chi connectivity index (χ0v) is 11.7. The number of alkyl halides is 3. The van der Waals surface area contributed by atoms with Gasteiger partial charge in [-0.1, -0.05) is 6.07 Å². The highest BCUT2D eigenvalue weighted by Crippen LogP contribution is 2.36. The van der Waals surface area contributed by atoms with Crippen LogP contribution in [-0.4, -0.2) is 13.1 Å². The Bertz CT molecular complexity index is 585. The van der Waals surface area contributed by atoms with Gasteiger partial charge in [0.1, 0.15) is 11.6 Å². The van der Waals surface area contributed by atoms with Gasteiger partial charge in [-0.15, -0.1) is 0 Å². The molecule has 0 saturated carbocycles. The second kappa shape index (κ2) is 5.89. The summed E-state index contributed by atoms with van der Waals surface area (Å²) in [4.78, 5) is 5.32. The lowest BCUT2D eigenvalue weighted by Gasteiger charge is -2.30. The molecule has 120 valence electrons. The number of hydrogen-bond acceptors (Lipinski definition) is 3. The number of benzene rings is 1. The smallest absolute Gasteiger partial charge is 0.413 e. The van der Waals surface area contributed by atoms with Crippen LogP contribution in [-0.2, 0) is 11.0 Å². The van der Waals surface area contributed by atoms with Crippen molar-refractivity contribution >= 4 is 0 Å². The molecule has 7 heteroatoms. The summed E-state index contributed by atoms with van der Waals surface area (Å²) in [6, 6.07) is 2.95. The third-order valence-electron chi connectivity index (χ3n) is 4.08. The molecule has 0 aliphatic carbocycles. The Labute approximate surface area is 125 Å². The summed E-state index contributed by atoms with van der Waals surface area (Å²) in [7, 11) is 0. The van der Waals surface area contributed by atoms with Crippen LogP contribution in [0.5, 0.6) is 0 Å². The Hall–Kier alpha value is -1.60. The molecule has 0 radical (unpaired) electrons. The van der Waals surface area contributed by atoms with Crippen molar-refractivity contribution in [2.45, 2.75) is 25.1 Å². The highest BCUT2D eigenvalue weighted by atomic mass is 19.4. The second-order valence-corrected chi connectivity index (χ2v) is 5.52. The van der Waals surface area contributed by atoms with Crippen LogP contribution in [0.1, 0.15) is 30.0 Å². The van der Waals surface area contributed by atoms with E-state index in [0.29, 0.717) is 25.1 Å². The van der Waals surface area contributed by atoms with Crippen LogP contribution in [0, 0.1) is 11.7 Å². The number of allylic oxidation sites excluding steroid dienone is 1. The molecule has 1 saturated heterocycles. The highest BCUT2D eigenvalue weighted by molar-refractivity contribution is 5.29. The topological polar surface area (TPSA) is 33.3 Å². The summed E-state index contributed by atoms with van der Waals surface area (Å²) in [5.74, 6) is -0.183. The first-order chi connectivity index (χ1) is 10.4. The molecule has 22 heavy (non-hydrogen) atoms. The standard InChI is InChI=1S/C15H16F4N2O/c16-12-7-9(1-2-11(12)15(17,18)19)13-8-10(3-5-20-13)14-4-6-21-22-14/h1-2,4,7,10,13,20-21H,3,5-6,8H2/t10-,13+/m0/s1. The quantitative estimate of drug-likeness (QED) is 0.821. The second-order valence-electron chi connectivity index (χ2n) is 5.52. The number of piperidine rings is 1. The molecule has 2 aliphatic heterocycles. The van der Waals surface area contributed by atoms with Crippen LogP contribution in [0.2, 0.25) is 0 Å². The molecule has 0 bridgehead atoms. The Morgan fingerprint density at radius 2 is 2.05 bits per heavy atom. The molecule has 1 fully saturated rings. The van der Waals surface area contributed by atoms with Crippen molar-refractivity contribution in [1.82, 2.24) is 10.8 Å². The van der Waals surface area contributed by atoms with Gasteiger partial charge < -0.3 is 10.2 Å². The van der Waals surface area contributed by atoms with E-state index in [1.165, 1.54) is 6.07 Å². The van der Waals surface area contributed by atoms with E-state index in [-0.39, 0.29) is 12.0 Å². The SMILES string of the molecule is Fc1cc([C@H]2C[C@@H](C3=CCNO3)CCN2)ccc1C(F)(F)F. The number of halogens is 4. The molecule has 2 aliphatic rings. The Morgan fingerprint density at radius 1 is 1.23 bits per heavy atom. The van der Waals surface area contributed by atoms with Gasteiger partial charge in [-0.05, 0) is 43.2 Å². The van der Waals surface area contributed by atoms with E-state index in [0.717, 1.165) is 24.3 Å². The van der Waals surface area contributed by atoms with E-state index in [9.17, 15) is 17.6 Å². The molecule has 0 amide bonds. The fraction of sp³-hybridized carbons (Fsp3) is 0.467. The van der Waals surface area contributed by atoms with Crippen LogP contribution in [0.4, 0.5) is 17.6 Å². The van der Waals surface area contributed by atoms with Crippen molar-refractivity contribution < 1.29 is 22.4 Å². The largest absolute Gasteiger partial charge is 0.419 e. The summed E-state index contributed by atoms with van der Waals surface area (Å²) in [6.07, 6.45) is -1.16. The van der Waals surface area contributed by atoms with E-state index in [1.807, 2.05) is 6.08 Å². The maximum atomic E-state index is 13.7. The minimum atomic E-state index is -4.67. The van der Waals surface area contributed by atoms with E-state index in [4.69, 9.17) is 4.84 Å². The Kier molecular flexibility index (Phi) is 4.10. The minimum absolute atomic E-state index is 0.180. The number of hydrogen-bond donors (Lipinski definition) is 2. The third kappa shape index (κ3) is 3.10. The van der Waals surface area contributed by atoms with Crippen molar-refractivity contribution in [3.05, 3.63) is 47.0 Å². The molecule has 2 heterocycles. The molecular weight excluding hydrogens is 300 g/mol. The van der Waals surface area contributed by atoms with Gasteiger partial charge in [0, 0.05) is 12.0 Å². The van der Waals surface area contributed by atoms with Crippen LogP contribution in [0.25, 0.3) is 0 Å². The van der Waals surface area contributed by atoms with Crippen LogP contribution >= 0.6 is 0 Å². The molecular formula is C15H16F4N2O. The van der Waals surface area contributed by atoms with Crippen LogP contribution < -0.4 is 10.8 Å². The zero-order valence-electron chi connectivity index (χ0n) is 11.7. The predicted octanol–water partition coefficient (Wildman–Crippen LogP) is 3.30. The van der Waals surface area contributed by atoms with Gasteiger partial charge in [0.05, 0.1) is 12.1 Å². The maximum absolute atomic E-state index is 13.7. The molecule has 0 aromatic heterocycles. The molecule has 2 N–H and O–H groups in total. The Morgan fingerprint density at radius 3 is 2.68 bits per heavy atom. The van der Waals surface area contributed by atoms with Crippen molar-refractivity contribution in [1.29, 1.82) is 0 Å². The molecule has 1 aromatic carbocycles. The number of hydroxylamine groups is 1. The van der Waals surface area contributed by atoms with Gasteiger partial charge in [-0.3, -0.25) is 0 Å². The van der Waals surface area contributed by atoms with Gasteiger partial charge in [0.2, 0.25) is 0 Å². The average Bonchev–Trinajstić information content (AvgIpc) is 3.00. The van der Waals surface area contributed by atoms with E-state index >= 15 is 0 Å². The number of nitrogens with one attached hydrogen (secondary N) is 2. The summed E-state index contributed by atoms with van der Waals surface area (Å²) >= 11 is 0. The molecule has 3 rings (SSSR count). The molecule has 2 atom stereocenters. The molecule has 0 unspecified atom stereocenters. The lowest BCUT2D eigenvalue weighted by atomic mass is 9.87. The average molecular weight is 316 g/mol. The van der Waals surface area contributed by atoms with Crippen molar-refractivity contribution in [3.63, 3.8) is 0 Å². The minimum Gasteiger partial charge on any atom is -0.413 e. The van der Waals surface area contributed by atoms with E-state index < -0.39 is 17.6 Å². The highest BCUT2D eigenvalue weighted by Gasteiger charge is 2.35. The maximum Gasteiger partial charge on any atom is 0.419 e. The first kappa shape index (κ1) is 15.3.